The minimum absolute atomic E-state index is 0.390. The number of nitrogens with zero attached hydrogens (tertiary/aromatic N) is 3. The lowest BCUT2D eigenvalue weighted by atomic mass is 10.2. The van der Waals surface area contributed by atoms with Gasteiger partial charge in [0.1, 0.15) is 12.2 Å². The molecular weight excluding hydrogens is 304 g/mol. The van der Waals surface area contributed by atoms with E-state index >= 15 is 0 Å². The van der Waals surface area contributed by atoms with E-state index in [0.29, 0.717) is 5.69 Å². The lowest BCUT2D eigenvalue weighted by Gasteiger charge is -2.15. The van der Waals surface area contributed by atoms with Crippen molar-refractivity contribution in [2.45, 2.75) is 18.9 Å². The van der Waals surface area contributed by atoms with Gasteiger partial charge in [-0.1, -0.05) is 35.5 Å². The molecule has 0 fully saturated rings. The van der Waals surface area contributed by atoms with E-state index in [9.17, 15) is 22.4 Å². The fraction of sp³-hybridized carbons (Fsp3) is 0.308. The molecule has 1 heterocycles. The second kappa shape index (κ2) is 6.54. The van der Waals surface area contributed by atoms with Gasteiger partial charge in [-0.3, -0.25) is 4.79 Å². The Hall–Kier alpha value is -2.45. The number of carbonyl (C=O) groups excluding carboxylic acids is 1. The first-order valence-electron chi connectivity index (χ1n) is 6.27. The largest absolute Gasteiger partial charge is 0.348 e. The average molecular weight is 316 g/mol. The van der Waals surface area contributed by atoms with Crippen LogP contribution in [-0.4, -0.2) is 39.8 Å². The molecule has 1 aromatic heterocycles. The Labute approximate surface area is 122 Å². The van der Waals surface area contributed by atoms with Gasteiger partial charge < -0.3 is 5.32 Å². The number of carbonyl (C=O) groups is 1. The van der Waals surface area contributed by atoms with Crippen molar-refractivity contribution in [1.29, 1.82) is 0 Å². The average Bonchev–Trinajstić information content (AvgIpc) is 2.94. The van der Waals surface area contributed by atoms with Gasteiger partial charge in [-0.15, -0.1) is 5.10 Å². The van der Waals surface area contributed by atoms with Gasteiger partial charge in [0.05, 0.1) is 12.7 Å². The van der Waals surface area contributed by atoms with Crippen LogP contribution in [0.15, 0.2) is 36.5 Å². The number of amides is 1. The number of benzene rings is 1. The monoisotopic (exact) mass is 316 g/mol. The summed E-state index contributed by atoms with van der Waals surface area (Å²) in [6.07, 6.45) is -2.37. The summed E-state index contributed by atoms with van der Waals surface area (Å²) in [5, 5.41) is 9.27. The molecule has 0 saturated heterocycles. The van der Waals surface area contributed by atoms with Crippen LogP contribution in [0.1, 0.15) is 0 Å². The minimum atomic E-state index is -4.26. The van der Waals surface area contributed by atoms with Crippen molar-refractivity contribution in [2.24, 2.45) is 0 Å². The van der Waals surface area contributed by atoms with Crippen molar-refractivity contribution in [2.75, 3.05) is 6.54 Å². The summed E-state index contributed by atoms with van der Waals surface area (Å²) in [5.41, 5.74) is 1.28. The summed E-state index contributed by atoms with van der Waals surface area (Å²) in [6, 6.07) is 9.00. The standard InChI is InChI=1S/C13H12F4N4O/c14-12(15)13(16,17)8-18-11(22)7-21-6-10(19-20-21)9-4-2-1-3-5-9/h1-6,12H,7-8H2,(H,18,22). The van der Waals surface area contributed by atoms with Gasteiger partial charge in [-0.05, 0) is 0 Å². The predicted molar refractivity (Wildman–Crippen MR) is 69.4 cm³/mol. The van der Waals surface area contributed by atoms with Crippen LogP contribution < -0.4 is 5.32 Å². The maximum absolute atomic E-state index is 12.7. The second-order valence-corrected chi connectivity index (χ2v) is 4.51. The first-order valence-corrected chi connectivity index (χ1v) is 6.27. The van der Waals surface area contributed by atoms with Crippen molar-refractivity contribution >= 4 is 5.91 Å². The Morgan fingerprint density at radius 3 is 2.59 bits per heavy atom. The van der Waals surface area contributed by atoms with Gasteiger partial charge in [-0.25, -0.2) is 13.5 Å². The molecule has 0 spiro atoms. The summed E-state index contributed by atoms with van der Waals surface area (Å²) in [5.74, 6) is -5.11. The van der Waals surface area contributed by atoms with Crippen molar-refractivity contribution in [3.63, 3.8) is 0 Å². The van der Waals surface area contributed by atoms with Crippen LogP contribution in [-0.2, 0) is 11.3 Å². The molecule has 0 aliphatic heterocycles. The van der Waals surface area contributed by atoms with Gasteiger partial charge >= 0.3 is 12.3 Å². The van der Waals surface area contributed by atoms with E-state index < -0.39 is 24.8 Å². The Kier molecular flexibility index (Phi) is 4.74. The Bertz CT molecular complexity index is 630. The zero-order valence-electron chi connectivity index (χ0n) is 11.2. The van der Waals surface area contributed by atoms with Gasteiger partial charge in [0.25, 0.3) is 0 Å². The zero-order chi connectivity index (χ0) is 16.2. The Morgan fingerprint density at radius 1 is 1.27 bits per heavy atom. The number of alkyl halides is 4. The van der Waals surface area contributed by atoms with Gasteiger partial charge in [0, 0.05) is 5.56 Å². The molecule has 9 heteroatoms. The topological polar surface area (TPSA) is 59.8 Å². The third kappa shape index (κ3) is 4.03. The molecule has 1 aromatic carbocycles. The third-order valence-electron chi connectivity index (χ3n) is 2.75. The molecule has 22 heavy (non-hydrogen) atoms. The van der Waals surface area contributed by atoms with E-state index in [2.05, 4.69) is 10.3 Å². The quantitative estimate of drug-likeness (QED) is 0.829. The third-order valence-corrected chi connectivity index (χ3v) is 2.75. The highest BCUT2D eigenvalue weighted by Gasteiger charge is 2.40. The van der Waals surface area contributed by atoms with Crippen molar-refractivity contribution in [3.8, 4) is 11.3 Å². The van der Waals surface area contributed by atoms with Crippen molar-refractivity contribution < 1.29 is 22.4 Å². The highest BCUT2D eigenvalue weighted by Crippen LogP contribution is 2.21. The van der Waals surface area contributed by atoms with Gasteiger partial charge in [-0.2, -0.15) is 8.78 Å². The van der Waals surface area contributed by atoms with Crippen LogP contribution in [0.3, 0.4) is 0 Å². The van der Waals surface area contributed by atoms with E-state index in [1.54, 1.807) is 29.6 Å². The number of hydrogen-bond donors (Lipinski definition) is 1. The molecule has 5 nitrogen and oxygen atoms in total. The molecule has 0 aliphatic carbocycles. The molecule has 0 aliphatic rings. The molecule has 0 unspecified atom stereocenters. The zero-order valence-corrected chi connectivity index (χ0v) is 11.2. The Morgan fingerprint density at radius 2 is 1.95 bits per heavy atom. The SMILES string of the molecule is O=C(Cn1cc(-c2ccccc2)nn1)NCC(F)(F)C(F)F. The maximum atomic E-state index is 12.7. The summed E-state index contributed by atoms with van der Waals surface area (Å²) < 4.78 is 50.4. The highest BCUT2D eigenvalue weighted by atomic mass is 19.3. The summed E-state index contributed by atoms with van der Waals surface area (Å²) in [7, 11) is 0. The van der Waals surface area contributed by atoms with Crippen LogP contribution in [0.2, 0.25) is 0 Å². The molecule has 2 rings (SSSR count). The van der Waals surface area contributed by atoms with E-state index in [-0.39, 0.29) is 6.54 Å². The number of halogens is 4. The van der Waals surface area contributed by atoms with E-state index in [1.165, 1.54) is 6.20 Å². The lowest BCUT2D eigenvalue weighted by molar-refractivity contribution is -0.136. The van der Waals surface area contributed by atoms with Crippen molar-refractivity contribution in [1.82, 2.24) is 20.3 Å². The number of rotatable bonds is 6. The normalized spacial score (nSPS) is 11.7. The molecule has 0 radical (unpaired) electrons. The molecule has 1 N–H and O–H groups in total. The lowest BCUT2D eigenvalue weighted by Crippen LogP contribution is -2.42. The number of hydrogen-bond acceptors (Lipinski definition) is 3. The van der Waals surface area contributed by atoms with Gasteiger partial charge in [0.15, 0.2) is 0 Å². The van der Waals surface area contributed by atoms with Gasteiger partial charge in [0.2, 0.25) is 5.91 Å². The molecular formula is C13H12F4N4O. The van der Waals surface area contributed by atoms with Crippen LogP contribution in [0, 0.1) is 0 Å². The summed E-state index contributed by atoms with van der Waals surface area (Å²) >= 11 is 0. The molecule has 0 atom stereocenters. The number of nitrogens with one attached hydrogen (secondary N) is 1. The van der Waals surface area contributed by atoms with Crippen molar-refractivity contribution in [3.05, 3.63) is 36.5 Å². The Balaban J connectivity index is 1.92. The van der Waals surface area contributed by atoms with Crippen LogP contribution >= 0.6 is 0 Å². The second-order valence-electron chi connectivity index (χ2n) is 4.51. The first-order chi connectivity index (χ1) is 10.4. The summed E-state index contributed by atoms with van der Waals surface area (Å²) in [4.78, 5) is 11.4. The van der Waals surface area contributed by atoms with Crippen LogP contribution in [0.25, 0.3) is 11.3 Å². The maximum Gasteiger partial charge on any atom is 0.324 e. The molecule has 1 amide bonds. The highest BCUT2D eigenvalue weighted by molar-refractivity contribution is 5.75. The fourth-order valence-corrected chi connectivity index (χ4v) is 1.61. The molecule has 0 saturated carbocycles. The van der Waals surface area contributed by atoms with E-state index in [4.69, 9.17) is 0 Å². The minimum Gasteiger partial charge on any atom is -0.348 e. The van der Waals surface area contributed by atoms with E-state index in [1.807, 2.05) is 6.07 Å². The summed E-state index contributed by atoms with van der Waals surface area (Å²) in [6.45, 7) is -1.82. The molecule has 118 valence electrons. The van der Waals surface area contributed by atoms with Crippen LogP contribution in [0.4, 0.5) is 17.6 Å². The number of aromatic nitrogens is 3. The predicted octanol–water partition coefficient (Wildman–Crippen LogP) is 1.96. The molecule has 2 aromatic rings. The van der Waals surface area contributed by atoms with E-state index in [0.717, 1.165) is 10.2 Å². The van der Waals surface area contributed by atoms with Crippen LogP contribution in [0.5, 0.6) is 0 Å². The molecule has 0 bridgehead atoms. The smallest absolute Gasteiger partial charge is 0.324 e. The first kappa shape index (κ1) is 15.9. The fourth-order valence-electron chi connectivity index (χ4n) is 1.61.